The summed E-state index contributed by atoms with van der Waals surface area (Å²) in [6.45, 7) is 5.42. The molecule has 6 nitrogen and oxygen atoms in total. The highest BCUT2D eigenvalue weighted by molar-refractivity contribution is 6.04. The molecule has 0 unspecified atom stereocenters. The Bertz CT molecular complexity index is 803. The summed E-state index contributed by atoms with van der Waals surface area (Å²) in [6.07, 6.45) is 3.22. The second kappa shape index (κ2) is 9.33. The highest BCUT2D eigenvalue weighted by atomic mass is 16.2. The lowest BCUT2D eigenvalue weighted by Gasteiger charge is -2.21. The monoisotopic (exact) mass is 350 g/mol. The van der Waals surface area contributed by atoms with Crippen molar-refractivity contribution in [1.82, 2.24) is 9.88 Å². The number of anilines is 1. The standard InChI is InChI=1S/C20H22N4O2/c1-3-11-24(12-4-2)20(26)16-9-10-22-18(13-16)19(25)23-17-7-5-15(14-21)6-8-17/h5-10,13H,3-4,11-12H2,1-2H3,(H,23,25). The predicted octanol–water partition coefficient (Wildman–Crippen LogP) is 3.47. The average molecular weight is 350 g/mol. The Morgan fingerprint density at radius 1 is 1.12 bits per heavy atom. The van der Waals surface area contributed by atoms with E-state index >= 15 is 0 Å². The number of carbonyl (C=O) groups excluding carboxylic acids is 2. The SMILES string of the molecule is CCCN(CCC)C(=O)c1ccnc(C(=O)Nc2ccc(C#N)cc2)c1. The summed E-state index contributed by atoms with van der Waals surface area (Å²) < 4.78 is 0. The van der Waals surface area contributed by atoms with Gasteiger partial charge in [-0.25, -0.2) is 0 Å². The molecule has 0 fully saturated rings. The molecule has 0 aliphatic carbocycles. The van der Waals surface area contributed by atoms with Crippen molar-refractivity contribution in [1.29, 1.82) is 5.26 Å². The lowest BCUT2D eigenvalue weighted by atomic mass is 10.1. The van der Waals surface area contributed by atoms with Crippen molar-refractivity contribution in [3.63, 3.8) is 0 Å². The molecule has 0 atom stereocenters. The lowest BCUT2D eigenvalue weighted by Crippen LogP contribution is -2.32. The summed E-state index contributed by atoms with van der Waals surface area (Å²) in [6, 6.07) is 11.7. The summed E-state index contributed by atoms with van der Waals surface area (Å²) >= 11 is 0. The molecule has 0 spiro atoms. The van der Waals surface area contributed by atoms with Crippen molar-refractivity contribution in [3.8, 4) is 6.07 Å². The van der Waals surface area contributed by atoms with Gasteiger partial charge in [0.05, 0.1) is 11.6 Å². The lowest BCUT2D eigenvalue weighted by molar-refractivity contribution is 0.0755. The van der Waals surface area contributed by atoms with E-state index in [0.29, 0.717) is 29.9 Å². The van der Waals surface area contributed by atoms with Gasteiger partial charge in [-0.15, -0.1) is 0 Å². The van der Waals surface area contributed by atoms with Gasteiger partial charge in [-0.1, -0.05) is 13.8 Å². The fourth-order valence-electron chi connectivity index (χ4n) is 2.55. The van der Waals surface area contributed by atoms with Gasteiger partial charge in [-0.05, 0) is 49.2 Å². The zero-order valence-corrected chi connectivity index (χ0v) is 15.0. The van der Waals surface area contributed by atoms with E-state index < -0.39 is 5.91 Å². The van der Waals surface area contributed by atoms with Crippen LogP contribution in [0.4, 0.5) is 5.69 Å². The van der Waals surface area contributed by atoms with Gasteiger partial charge in [0.15, 0.2) is 0 Å². The Morgan fingerprint density at radius 3 is 2.35 bits per heavy atom. The molecule has 2 rings (SSSR count). The van der Waals surface area contributed by atoms with Crippen molar-refractivity contribution in [2.24, 2.45) is 0 Å². The molecule has 0 aliphatic rings. The Kier molecular flexibility index (Phi) is 6.86. The highest BCUT2D eigenvalue weighted by Gasteiger charge is 2.17. The number of benzene rings is 1. The second-order valence-electron chi connectivity index (χ2n) is 5.87. The van der Waals surface area contributed by atoms with Crippen LogP contribution >= 0.6 is 0 Å². The molecule has 134 valence electrons. The molecular formula is C20H22N4O2. The first-order chi connectivity index (χ1) is 12.6. The molecule has 1 N–H and O–H groups in total. The number of hydrogen-bond acceptors (Lipinski definition) is 4. The Morgan fingerprint density at radius 2 is 1.77 bits per heavy atom. The van der Waals surface area contributed by atoms with Gasteiger partial charge in [0, 0.05) is 30.5 Å². The van der Waals surface area contributed by atoms with E-state index in [-0.39, 0.29) is 11.6 Å². The number of nitrogens with zero attached hydrogens (tertiary/aromatic N) is 3. The number of carbonyl (C=O) groups is 2. The van der Waals surface area contributed by atoms with Crippen LogP contribution in [0.2, 0.25) is 0 Å². The van der Waals surface area contributed by atoms with Crippen LogP contribution in [-0.2, 0) is 0 Å². The summed E-state index contributed by atoms with van der Waals surface area (Å²) in [5.74, 6) is -0.495. The molecule has 1 heterocycles. The minimum atomic E-state index is -0.401. The van der Waals surface area contributed by atoms with Crippen LogP contribution in [-0.4, -0.2) is 34.8 Å². The van der Waals surface area contributed by atoms with Crippen molar-refractivity contribution in [2.45, 2.75) is 26.7 Å². The van der Waals surface area contributed by atoms with Gasteiger partial charge in [-0.2, -0.15) is 5.26 Å². The maximum atomic E-state index is 12.7. The minimum Gasteiger partial charge on any atom is -0.339 e. The molecule has 26 heavy (non-hydrogen) atoms. The molecule has 1 aromatic heterocycles. The average Bonchev–Trinajstić information content (AvgIpc) is 2.68. The maximum Gasteiger partial charge on any atom is 0.274 e. The molecular weight excluding hydrogens is 328 g/mol. The van der Waals surface area contributed by atoms with Crippen LogP contribution in [0.3, 0.4) is 0 Å². The molecule has 6 heteroatoms. The van der Waals surface area contributed by atoms with E-state index in [4.69, 9.17) is 5.26 Å². The van der Waals surface area contributed by atoms with Crippen molar-refractivity contribution in [3.05, 3.63) is 59.4 Å². The van der Waals surface area contributed by atoms with Gasteiger partial charge in [0.1, 0.15) is 5.69 Å². The van der Waals surface area contributed by atoms with Crippen LogP contribution in [0.15, 0.2) is 42.6 Å². The molecule has 2 aromatic rings. The Balaban J connectivity index is 2.15. The molecule has 0 saturated heterocycles. The van der Waals surface area contributed by atoms with Crippen molar-refractivity contribution < 1.29 is 9.59 Å². The van der Waals surface area contributed by atoms with Gasteiger partial charge in [-0.3, -0.25) is 14.6 Å². The van der Waals surface area contributed by atoms with E-state index in [1.807, 2.05) is 19.9 Å². The van der Waals surface area contributed by atoms with E-state index in [2.05, 4.69) is 10.3 Å². The number of amides is 2. The Hall–Kier alpha value is -3.20. The maximum absolute atomic E-state index is 12.7. The first-order valence-corrected chi connectivity index (χ1v) is 8.65. The van der Waals surface area contributed by atoms with Crippen molar-refractivity contribution >= 4 is 17.5 Å². The summed E-state index contributed by atoms with van der Waals surface area (Å²) in [5, 5.41) is 11.5. The predicted molar refractivity (Wildman–Crippen MR) is 99.8 cm³/mol. The van der Waals surface area contributed by atoms with E-state index in [9.17, 15) is 9.59 Å². The third kappa shape index (κ3) is 4.90. The van der Waals surface area contributed by atoms with Crippen LogP contribution in [0.5, 0.6) is 0 Å². The van der Waals surface area contributed by atoms with Crippen LogP contribution in [0.1, 0.15) is 53.1 Å². The minimum absolute atomic E-state index is 0.0940. The largest absolute Gasteiger partial charge is 0.339 e. The zero-order valence-electron chi connectivity index (χ0n) is 15.0. The third-order valence-corrected chi connectivity index (χ3v) is 3.79. The van der Waals surface area contributed by atoms with Gasteiger partial charge in [0.2, 0.25) is 0 Å². The molecule has 0 radical (unpaired) electrons. The van der Waals surface area contributed by atoms with Crippen LogP contribution in [0.25, 0.3) is 0 Å². The topological polar surface area (TPSA) is 86.1 Å². The fraction of sp³-hybridized carbons (Fsp3) is 0.300. The third-order valence-electron chi connectivity index (χ3n) is 3.79. The highest BCUT2D eigenvalue weighted by Crippen LogP contribution is 2.12. The quantitative estimate of drug-likeness (QED) is 0.828. The van der Waals surface area contributed by atoms with Crippen LogP contribution in [0, 0.1) is 11.3 Å². The fourth-order valence-corrected chi connectivity index (χ4v) is 2.55. The molecule has 0 aliphatic heterocycles. The normalized spacial score (nSPS) is 10.0. The molecule has 2 amide bonds. The second-order valence-corrected chi connectivity index (χ2v) is 5.87. The van der Waals surface area contributed by atoms with Crippen molar-refractivity contribution in [2.75, 3.05) is 18.4 Å². The zero-order chi connectivity index (χ0) is 18.9. The first kappa shape index (κ1) is 19.1. The molecule has 1 aromatic carbocycles. The number of aromatic nitrogens is 1. The van der Waals surface area contributed by atoms with E-state index in [0.717, 1.165) is 12.8 Å². The molecule has 0 bridgehead atoms. The van der Waals surface area contributed by atoms with E-state index in [1.54, 1.807) is 35.2 Å². The summed E-state index contributed by atoms with van der Waals surface area (Å²) in [7, 11) is 0. The van der Waals surface area contributed by atoms with Gasteiger partial charge >= 0.3 is 0 Å². The van der Waals surface area contributed by atoms with Gasteiger partial charge < -0.3 is 10.2 Å². The Labute approximate surface area is 153 Å². The first-order valence-electron chi connectivity index (χ1n) is 8.65. The van der Waals surface area contributed by atoms with E-state index in [1.165, 1.54) is 12.3 Å². The van der Waals surface area contributed by atoms with Crippen LogP contribution < -0.4 is 5.32 Å². The molecule has 0 saturated carbocycles. The number of nitrogens with one attached hydrogen (secondary N) is 1. The smallest absolute Gasteiger partial charge is 0.274 e. The number of nitriles is 1. The summed E-state index contributed by atoms with van der Waals surface area (Å²) in [5.41, 5.74) is 1.70. The van der Waals surface area contributed by atoms with Gasteiger partial charge in [0.25, 0.3) is 11.8 Å². The number of rotatable bonds is 7. The number of pyridine rings is 1. The number of hydrogen-bond donors (Lipinski definition) is 1. The summed E-state index contributed by atoms with van der Waals surface area (Å²) in [4.78, 5) is 30.9.